The minimum atomic E-state index is -0.307. The van der Waals surface area contributed by atoms with Crippen LogP contribution < -0.4 is 4.74 Å². The van der Waals surface area contributed by atoms with Crippen molar-refractivity contribution in [2.24, 2.45) is 0 Å². The Bertz CT molecular complexity index is 582. The Kier molecular flexibility index (Phi) is 5.35. The molecule has 0 aromatic heterocycles. The number of rotatable bonds is 7. The molecule has 0 aliphatic carbocycles. The van der Waals surface area contributed by atoms with Crippen LogP contribution >= 0.6 is 0 Å². The number of ether oxygens (including phenoxy) is 2. The van der Waals surface area contributed by atoms with Gasteiger partial charge in [0.1, 0.15) is 5.75 Å². The normalized spacial score (nSPS) is 11.7. The molecule has 2 nitrogen and oxygen atoms in total. The molecule has 0 saturated carbocycles. The third-order valence-electron chi connectivity index (χ3n) is 3.12. The van der Waals surface area contributed by atoms with E-state index in [-0.39, 0.29) is 6.29 Å². The molecular weight excluding hydrogens is 260 g/mol. The molecule has 0 fully saturated rings. The highest BCUT2D eigenvalue weighted by Gasteiger charge is 2.04. The molecule has 0 saturated heterocycles. The monoisotopic (exact) mass is 280 g/mol. The third-order valence-corrected chi connectivity index (χ3v) is 3.12. The van der Waals surface area contributed by atoms with Crippen molar-refractivity contribution in [1.29, 1.82) is 0 Å². The van der Waals surface area contributed by atoms with Crippen LogP contribution in [0.25, 0.3) is 12.2 Å². The predicted molar refractivity (Wildman–Crippen MR) is 87.9 cm³/mol. The van der Waals surface area contributed by atoms with Gasteiger partial charge in [0.15, 0.2) is 6.29 Å². The van der Waals surface area contributed by atoms with Gasteiger partial charge in [-0.2, -0.15) is 0 Å². The van der Waals surface area contributed by atoms with E-state index < -0.39 is 0 Å². The lowest BCUT2D eigenvalue weighted by Crippen LogP contribution is -2.16. The van der Waals surface area contributed by atoms with E-state index in [1.165, 1.54) is 0 Å². The lowest BCUT2D eigenvalue weighted by Gasteiger charge is -2.15. The molecule has 2 aromatic rings. The number of benzene rings is 2. The summed E-state index contributed by atoms with van der Waals surface area (Å²) in [6.45, 7) is 9.87. The molecule has 21 heavy (non-hydrogen) atoms. The second-order valence-corrected chi connectivity index (χ2v) is 4.72. The molecule has 0 spiro atoms. The van der Waals surface area contributed by atoms with Crippen LogP contribution in [0, 0.1) is 0 Å². The Morgan fingerprint density at radius 3 is 1.95 bits per heavy atom. The zero-order valence-corrected chi connectivity index (χ0v) is 12.3. The van der Waals surface area contributed by atoms with Crippen molar-refractivity contribution in [1.82, 2.24) is 0 Å². The SMILES string of the molecule is C=Cc1ccc(COC(C)Oc2ccc(C=C)cc2)cc1. The highest BCUT2D eigenvalue weighted by Crippen LogP contribution is 2.15. The van der Waals surface area contributed by atoms with E-state index in [0.717, 1.165) is 22.4 Å². The molecule has 0 bridgehead atoms. The summed E-state index contributed by atoms with van der Waals surface area (Å²) >= 11 is 0. The van der Waals surface area contributed by atoms with E-state index in [4.69, 9.17) is 9.47 Å². The van der Waals surface area contributed by atoms with Crippen LogP contribution in [0.3, 0.4) is 0 Å². The van der Waals surface area contributed by atoms with Crippen LogP contribution in [0.1, 0.15) is 23.6 Å². The average Bonchev–Trinajstić information content (AvgIpc) is 2.54. The first-order valence-corrected chi connectivity index (χ1v) is 6.93. The summed E-state index contributed by atoms with van der Waals surface area (Å²) in [4.78, 5) is 0. The van der Waals surface area contributed by atoms with Crippen molar-refractivity contribution in [2.75, 3.05) is 0 Å². The van der Waals surface area contributed by atoms with E-state index in [1.54, 1.807) is 6.08 Å². The van der Waals surface area contributed by atoms with Crippen molar-refractivity contribution in [2.45, 2.75) is 19.8 Å². The van der Waals surface area contributed by atoms with Crippen molar-refractivity contribution in [3.8, 4) is 5.75 Å². The van der Waals surface area contributed by atoms with Gasteiger partial charge in [0.25, 0.3) is 0 Å². The first-order valence-electron chi connectivity index (χ1n) is 6.93. The average molecular weight is 280 g/mol. The van der Waals surface area contributed by atoms with Gasteiger partial charge < -0.3 is 9.47 Å². The van der Waals surface area contributed by atoms with Gasteiger partial charge in [0.05, 0.1) is 6.61 Å². The smallest absolute Gasteiger partial charge is 0.197 e. The summed E-state index contributed by atoms with van der Waals surface area (Å²) in [7, 11) is 0. The Hall–Kier alpha value is -2.32. The number of hydrogen-bond donors (Lipinski definition) is 0. The van der Waals surface area contributed by atoms with E-state index >= 15 is 0 Å². The van der Waals surface area contributed by atoms with Gasteiger partial charge in [-0.05, 0) is 35.7 Å². The summed E-state index contributed by atoms with van der Waals surface area (Å²) in [5, 5.41) is 0. The van der Waals surface area contributed by atoms with E-state index in [2.05, 4.69) is 13.2 Å². The zero-order valence-electron chi connectivity index (χ0n) is 12.3. The Morgan fingerprint density at radius 1 is 0.905 bits per heavy atom. The second kappa shape index (κ2) is 7.46. The maximum absolute atomic E-state index is 5.71. The summed E-state index contributed by atoms with van der Waals surface area (Å²) in [6.07, 6.45) is 3.32. The molecule has 0 radical (unpaired) electrons. The first-order chi connectivity index (χ1) is 10.2. The third kappa shape index (κ3) is 4.62. The number of hydrogen-bond acceptors (Lipinski definition) is 2. The summed E-state index contributed by atoms with van der Waals surface area (Å²) in [6, 6.07) is 15.8. The first kappa shape index (κ1) is 15.1. The van der Waals surface area contributed by atoms with Gasteiger partial charge in [-0.25, -0.2) is 0 Å². The van der Waals surface area contributed by atoms with E-state index in [1.807, 2.05) is 61.5 Å². The fourth-order valence-electron chi connectivity index (χ4n) is 1.87. The van der Waals surface area contributed by atoms with Crippen LogP contribution in [-0.4, -0.2) is 6.29 Å². The molecule has 0 amide bonds. The molecule has 0 N–H and O–H groups in total. The zero-order chi connectivity index (χ0) is 15.1. The Balaban J connectivity index is 1.84. The fourth-order valence-corrected chi connectivity index (χ4v) is 1.87. The van der Waals surface area contributed by atoms with Crippen LogP contribution in [-0.2, 0) is 11.3 Å². The molecule has 0 aliphatic heterocycles. The summed E-state index contributed by atoms with van der Waals surface area (Å²) in [5.74, 6) is 0.787. The minimum absolute atomic E-state index is 0.307. The molecule has 0 heterocycles. The molecule has 2 heteroatoms. The molecular formula is C19H20O2. The van der Waals surface area contributed by atoms with Crippen LogP contribution in [0.15, 0.2) is 61.7 Å². The quantitative estimate of drug-likeness (QED) is 0.671. The van der Waals surface area contributed by atoms with E-state index in [0.29, 0.717) is 6.61 Å². The van der Waals surface area contributed by atoms with Gasteiger partial charge in [0.2, 0.25) is 0 Å². The maximum atomic E-state index is 5.71. The fraction of sp³-hybridized carbons (Fsp3) is 0.158. The maximum Gasteiger partial charge on any atom is 0.197 e. The lowest BCUT2D eigenvalue weighted by molar-refractivity contribution is -0.0759. The van der Waals surface area contributed by atoms with Crippen LogP contribution in [0.5, 0.6) is 5.75 Å². The van der Waals surface area contributed by atoms with Crippen molar-refractivity contribution < 1.29 is 9.47 Å². The molecule has 0 aliphatic rings. The van der Waals surface area contributed by atoms with Gasteiger partial charge >= 0.3 is 0 Å². The minimum Gasteiger partial charge on any atom is -0.465 e. The van der Waals surface area contributed by atoms with Crippen molar-refractivity contribution in [3.05, 3.63) is 78.4 Å². The molecule has 1 atom stereocenters. The summed E-state index contributed by atoms with van der Waals surface area (Å²) < 4.78 is 11.4. The van der Waals surface area contributed by atoms with Crippen LogP contribution in [0.2, 0.25) is 0 Å². The summed E-state index contributed by atoms with van der Waals surface area (Å²) in [5.41, 5.74) is 3.28. The Morgan fingerprint density at radius 2 is 1.43 bits per heavy atom. The van der Waals surface area contributed by atoms with Gasteiger partial charge in [-0.1, -0.05) is 61.7 Å². The molecule has 2 aromatic carbocycles. The molecule has 1 unspecified atom stereocenters. The van der Waals surface area contributed by atoms with Gasteiger partial charge in [0, 0.05) is 0 Å². The highest BCUT2D eigenvalue weighted by molar-refractivity contribution is 5.48. The molecule has 108 valence electrons. The predicted octanol–water partition coefficient (Wildman–Crippen LogP) is 4.91. The van der Waals surface area contributed by atoms with Crippen molar-refractivity contribution >= 4 is 12.2 Å². The second-order valence-electron chi connectivity index (χ2n) is 4.72. The lowest BCUT2D eigenvalue weighted by atomic mass is 10.1. The van der Waals surface area contributed by atoms with Gasteiger partial charge in [-0.3, -0.25) is 0 Å². The largest absolute Gasteiger partial charge is 0.465 e. The van der Waals surface area contributed by atoms with E-state index in [9.17, 15) is 0 Å². The highest BCUT2D eigenvalue weighted by atomic mass is 16.7. The topological polar surface area (TPSA) is 18.5 Å². The molecule has 2 rings (SSSR count). The Labute approximate surface area is 126 Å². The van der Waals surface area contributed by atoms with Gasteiger partial charge in [-0.15, -0.1) is 0 Å². The van der Waals surface area contributed by atoms with Crippen molar-refractivity contribution in [3.63, 3.8) is 0 Å². The van der Waals surface area contributed by atoms with Crippen LogP contribution in [0.4, 0.5) is 0 Å². The standard InChI is InChI=1S/C19H20O2/c1-4-16-6-8-18(9-7-16)14-20-15(3)21-19-12-10-17(5-2)11-13-19/h4-13,15H,1-2,14H2,3H3.